The van der Waals surface area contributed by atoms with Crippen molar-refractivity contribution in [1.82, 2.24) is 0 Å². The van der Waals surface area contributed by atoms with Gasteiger partial charge in [-0.25, -0.2) is 0 Å². The van der Waals surface area contributed by atoms with Gasteiger partial charge in [-0.1, -0.05) is 0 Å². The van der Waals surface area contributed by atoms with E-state index in [1.165, 1.54) is 0 Å². The Hall–Kier alpha value is 2.87. The third-order valence-electron chi connectivity index (χ3n) is 0. The van der Waals surface area contributed by atoms with Gasteiger partial charge in [0, 0.05) is 0 Å². The Bertz CT molecular complexity index is 22.4. The third kappa shape index (κ3) is 19.8. The second-order valence-corrected chi connectivity index (χ2v) is 0. The van der Waals surface area contributed by atoms with Gasteiger partial charge in [-0.2, -0.15) is 0 Å². The van der Waals surface area contributed by atoms with E-state index in [9.17, 15) is 0 Å². The molecule has 0 atom stereocenters. The monoisotopic (exact) mass is 287 g/mol. The second kappa shape index (κ2) is 28.8. The second-order valence-electron chi connectivity index (χ2n) is 0. The zero-order valence-corrected chi connectivity index (χ0v) is 10.5. The van der Waals surface area contributed by atoms with Gasteiger partial charge in [0.25, 0.3) is 0 Å². The van der Waals surface area contributed by atoms with Crippen molar-refractivity contribution in [3.05, 3.63) is 6.57 Å². The Morgan fingerprint density at radius 3 is 1.40 bits per heavy atom. The first kappa shape index (κ1) is 24.8. The first-order valence-electron chi connectivity index (χ1n) is 0.224. The average Bonchev–Trinajstić information content (AvgIpc) is 1.00. The van der Waals surface area contributed by atoms with Crippen LogP contribution in [0.4, 0.5) is 0 Å². The fraction of sp³-hybridized carbons (Fsp3) is 0. The molecule has 0 aromatic rings. The van der Waals surface area contributed by atoms with E-state index in [0.717, 1.165) is 0 Å². The van der Waals surface area contributed by atoms with E-state index in [1.807, 2.05) is 0 Å². The molecule has 0 unspecified atom stereocenters. The van der Waals surface area contributed by atoms with Crippen LogP contribution in [0.3, 0.4) is 0 Å². The number of rotatable bonds is 0. The molecule has 4 heteroatoms. The first-order valence-corrected chi connectivity index (χ1v) is 0.224. The standard InChI is InChI=1S/CN.Au.K.Na.2H/c1-2;;;;;/q-1;3*+1;2*-1. The summed E-state index contributed by atoms with van der Waals surface area (Å²) in [7, 11) is 0. The van der Waals surface area contributed by atoms with Gasteiger partial charge < -0.3 is 14.7 Å². The van der Waals surface area contributed by atoms with Crippen LogP contribution >= 0.6 is 0 Å². The SMILES string of the molecule is [Au+].[C-]#N.[H-].[H-].[K+].[Na+]. The number of hydrogen-bond acceptors (Lipinski definition) is 1. The van der Waals surface area contributed by atoms with E-state index in [1.54, 1.807) is 0 Å². The Kier molecular flexibility index (Phi) is 143. The zero-order chi connectivity index (χ0) is 2.00. The smallest absolute Gasteiger partial charge is 1.00 e. The fourth-order valence-corrected chi connectivity index (χ4v) is 0. The minimum absolute atomic E-state index is 0. The Balaban J connectivity index is -0.000000000500. The largest absolute Gasteiger partial charge is 1.00 e. The maximum absolute atomic E-state index is 6.25. The summed E-state index contributed by atoms with van der Waals surface area (Å²) in [5, 5.41) is 6.25. The molecule has 0 amide bonds. The molecule has 5 heavy (non-hydrogen) atoms. The van der Waals surface area contributed by atoms with Crippen LogP contribution in [0.1, 0.15) is 2.85 Å². The zero-order valence-electron chi connectivity index (χ0n) is 5.25. The van der Waals surface area contributed by atoms with Gasteiger partial charge in [0.2, 0.25) is 0 Å². The molecule has 0 spiro atoms. The Morgan fingerprint density at radius 2 is 1.40 bits per heavy atom. The molecule has 0 fully saturated rings. The van der Waals surface area contributed by atoms with E-state index in [4.69, 9.17) is 11.8 Å². The minimum Gasteiger partial charge on any atom is -1.00 e. The molecule has 1 nitrogen and oxygen atoms in total. The van der Waals surface area contributed by atoms with Crippen molar-refractivity contribution < 1.29 is 106 Å². The summed E-state index contributed by atoms with van der Waals surface area (Å²) >= 11 is 0. The van der Waals surface area contributed by atoms with E-state index in [0.29, 0.717) is 0 Å². The van der Waals surface area contributed by atoms with Crippen molar-refractivity contribution in [3.8, 4) is 0 Å². The van der Waals surface area contributed by atoms with Crippen LogP contribution in [0.15, 0.2) is 0 Å². The summed E-state index contributed by atoms with van der Waals surface area (Å²) in [5.74, 6) is 0. The molecular formula is CH2AuKNNa. The molecule has 0 N–H and O–H groups in total. The third-order valence-corrected chi connectivity index (χ3v) is 0. The summed E-state index contributed by atoms with van der Waals surface area (Å²) in [4.78, 5) is 0. The van der Waals surface area contributed by atoms with Crippen molar-refractivity contribution in [3.63, 3.8) is 0 Å². The fourth-order valence-electron chi connectivity index (χ4n) is 0. The maximum Gasteiger partial charge on any atom is 1.00 e. The summed E-state index contributed by atoms with van der Waals surface area (Å²) in [5.41, 5.74) is 0. The van der Waals surface area contributed by atoms with Gasteiger partial charge in [-0.05, 0) is 0 Å². The minimum atomic E-state index is 0. The van der Waals surface area contributed by atoms with Crippen LogP contribution in [-0.2, 0) is 22.4 Å². The molecule has 0 aromatic heterocycles. The summed E-state index contributed by atoms with van der Waals surface area (Å²) in [6.07, 6.45) is 0. The van der Waals surface area contributed by atoms with Crippen molar-refractivity contribution in [2.75, 3.05) is 0 Å². The van der Waals surface area contributed by atoms with E-state index in [2.05, 4.69) is 0 Å². The average molecular weight is 287 g/mol. The summed E-state index contributed by atoms with van der Waals surface area (Å²) < 4.78 is 0. The molecule has 0 aromatic carbocycles. The molecule has 0 bridgehead atoms. The van der Waals surface area contributed by atoms with Gasteiger partial charge >= 0.3 is 103 Å². The molecule has 0 aliphatic rings. The molecule has 0 aliphatic heterocycles. The van der Waals surface area contributed by atoms with Gasteiger partial charge in [0.15, 0.2) is 0 Å². The topological polar surface area (TPSA) is 23.8 Å². The maximum atomic E-state index is 6.25. The quantitative estimate of drug-likeness (QED) is 0.322. The molecule has 0 saturated carbocycles. The van der Waals surface area contributed by atoms with Crippen LogP contribution in [0.5, 0.6) is 0 Å². The first-order chi connectivity index (χ1) is 1.00. The molecule has 0 saturated heterocycles. The summed E-state index contributed by atoms with van der Waals surface area (Å²) in [6.45, 7) is 4.75. The van der Waals surface area contributed by atoms with Gasteiger partial charge in [0.05, 0.1) is 0 Å². The number of nitrogens with zero attached hydrogens (tertiary/aromatic N) is 1. The van der Waals surface area contributed by atoms with Crippen molar-refractivity contribution in [2.45, 2.75) is 0 Å². The molecule has 0 rings (SSSR count). The van der Waals surface area contributed by atoms with E-state index >= 15 is 0 Å². The van der Waals surface area contributed by atoms with Crippen LogP contribution in [0.25, 0.3) is 0 Å². The molecule has 0 heterocycles. The van der Waals surface area contributed by atoms with Gasteiger partial charge in [-0.3, -0.25) is 0 Å². The Morgan fingerprint density at radius 1 is 1.40 bits per heavy atom. The molecule has 0 aliphatic carbocycles. The molecular weight excluding hydrogens is 285 g/mol. The van der Waals surface area contributed by atoms with E-state index < -0.39 is 0 Å². The predicted molar refractivity (Wildman–Crippen MR) is 7.19 cm³/mol. The molecule has 0 radical (unpaired) electrons. The van der Waals surface area contributed by atoms with E-state index in [-0.39, 0.29) is 106 Å². The van der Waals surface area contributed by atoms with Gasteiger partial charge in [0.1, 0.15) is 0 Å². The van der Waals surface area contributed by atoms with Crippen LogP contribution in [-0.4, -0.2) is 0 Å². The van der Waals surface area contributed by atoms with Gasteiger partial charge in [-0.15, -0.1) is 0 Å². The normalized spacial score (nSPS) is 0.400. The van der Waals surface area contributed by atoms with Crippen molar-refractivity contribution >= 4 is 0 Å². The van der Waals surface area contributed by atoms with Crippen molar-refractivity contribution in [1.29, 1.82) is 5.26 Å². The van der Waals surface area contributed by atoms with Crippen LogP contribution in [0, 0.1) is 11.8 Å². The number of hydrogen-bond donors (Lipinski definition) is 0. The predicted octanol–water partition coefficient (Wildman–Crippen LogP) is -5.67. The molecule has 24 valence electrons. The van der Waals surface area contributed by atoms with Crippen LogP contribution < -0.4 is 80.9 Å². The Labute approximate surface area is 115 Å². The van der Waals surface area contributed by atoms with Crippen molar-refractivity contribution in [2.24, 2.45) is 0 Å². The summed E-state index contributed by atoms with van der Waals surface area (Å²) in [6, 6.07) is 0. The van der Waals surface area contributed by atoms with Crippen LogP contribution in [0.2, 0.25) is 0 Å².